The molecule has 20 heavy (non-hydrogen) atoms. The van der Waals surface area contributed by atoms with E-state index in [0.29, 0.717) is 5.92 Å². The summed E-state index contributed by atoms with van der Waals surface area (Å²) < 4.78 is 0. The van der Waals surface area contributed by atoms with E-state index in [-0.39, 0.29) is 0 Å². The molecule has 0 aromatic heterocycles. The van der Waals surface area contributed by atoms with Gasteiger partial charge in [0, 0.05) is 0 Å². The summed E-state index contributed by atoms with van der Waals surface area (Å²) in [5.74, 6) is 0.591. The Labute approximate surface area is 122 Å². The van der Waals surface area contributed by atoms with Gasteiger partial charge < -0.3 is 5.73 Å². The van der Waals surface area contributed by atoms with Crippen molar-refractivity contribution in [2.24, 2.45) is 5.73 Å². The fourth-order valence-corrected chi connectivity index (χ4v) is 2.68. The smallest absolute Gasteiger partial charge is 0.00714 e. The number of rotatable bonds is 5. The Morgan fingerprint density at radius 1 is 0.900 bits per heavy atom. The number of benzene rings is 2. The fraction of sp³-hybridized carbons (Fsp3) is 0.368. The summed E-state index contributed by atoms with van der Waals surface area (Å²) in [6.07, 6.45) is 2.22. The van der Waals surface area contributed by atoms with Gasteiger partial charge in [0.05, 0.1) is 0 Å². The second-order valence-electron chi connectivity index (χ2n) is 5.60. The van der Waals surface area contributed by atoms with Crippen molar-refractivity contribution in [2.45, 2.75) is 39.5 Å². The topological polar surface area (TPSA) is 26.0 Å². The summed E-state index contributed by atoms with van der Waals surface area (Å²) in [5.41, 5.74) is 12.4. The molecule has 1 unspecified atom stereocenters. The van der Waals surface area contributed by atoms with Crippen molar-refractivity contribution >= 4 is 0 Å². The first-order valence-corrected chi connectivity index (χ1v) is 7.53. The average molecular weight is 267 g/mol. The first-order chi connectivity index (χ1) is 9.65. The highest BCUT2D eigenvalue weighted by Gasteiger charge is 2.08. The zero-order valence-electron chi connectivity index (χ0n) is 12.8. The van der Waals surface area contributed by atoms with Crippen LogP contribution in [0.1, 0.15) is 42.4 Å². The molecule has 1 atom stereocenters. The van der Waals surface area contributed by atoms with E-state index in [1.807, 2.05) is 0 Å². The Bertz CT molecular complexity index is 554. The van der Waals surface area contributed by atoms with Gasteiger partial charge in [-0.3, -0.25) is 0 Å². The number of aryl methyl sites for hydroxylation is 2. The Hall–Kier alpha value is -1.60. The van der Waals surface area contributed by atoms with Crippen molar-refractivity contribution < 1.29 is 0 Å². The zero-order chi connectivity index (χ0) is 14.5. The lowest BCUT2D eigenvalue weighted by atomic mass is 9.91. The van der Waals surface area contributed by atoms with Gasteiger partial charge in [0.1, 0.15) is 0 Å². The van der Waals surface area contributed by atoms with Crippen LogP contribution in [0.3, 0.4) is 0 Å². The summed E-state index contributed by atoms with van der Waals surface area (Å²) in [6.45, 7) is 7.32. The van der Waals surface area contributed by atoms with Gasteiger partial charge >= 0.3 is 0 Å². The molecular weight excluding hydrogens is 242 g/mol. The number of nitrogens with two attached hydrogens (primary N) is 1. The molecule has 0 aliphatic heterocycles. The monoisotopic (exact) mass is 267 g/mol. The lowest BCUT2D eigenvalue weighted by Crippen LogP contribution is -2.06. The van der Waals surface area contributed by atoms with Gasteiger partial charge in [0.15, 0.2) is 0 Å². The normalized spacial score (nSPS) is 12.4. The molecule has 0 saturated heterocycles. The third-order valence-corrected chi connectivity index (χ3v) is 4.23. The maximum Gasteiger partial charge on any atom is -0.00714 e. The Balaban J connectivity index is 2.25. The molecule has 0 bridgehead atoms. The van der Waals surface area contributed by atoms with Crippen LogP contribution in [0.15, 0.2) is 42.5 Å². The maximum atomic E-state index is 5.69. The molecule has 2 N–H and O–H groups in total. The molecule has 0 fully saturated rings. The van der Waals surface area contributed by atoms with E-state index >= 15 is 0 Å². The molecule has 0 radical (unpaired) electrons. The minimum absolute atomic E-state index is 0.591. The van der Waals surface area contributed by atoms with Crippen LogP contribution in [0.25, 0.3) is 11.1 Å². The number of hydrogen-bond acceptors (Lipinski definition) is 1. The quantitative estimate of drug-likeness (QED) is 0.826. The Morgan fingerprint density at radius 2 is 1.55 bits per heavy atom. The van der Waals surface area contributed by atoms with Crippen molar-refractivity contribution in [2.75, 3.05) is 6.54 Å². The molecule has 0 spiro atoms. The minimum atomic E-state index is 0.591. The van der Waals surface area contributed by atoms with Gasteiger partial charge in [0.25, 0.3) is 0 Å². The molecule has 2 aromatic rings. The van der Waals surface area contributed by atoms with Gasteiger partial charge in [-0.2, -0.15) is 0 Å². The van der Waals surface area contributed by atoms with Crippen LogP contribution in [0.4, 0.5) is 0 Å². The van der Waals surface area contributed by atoms with E-state index < -0.39 is 0 Å². The summed E-state index contributed by atoms with van der Waals surface area (Å²) in [5, 5.41) is 0. The van der Waals surface area contributed by atoms with E-state index in [1.54, 1.807) is 0 Å². The summed E-state index contributed by atoms with van der Waals surface area (Å²) >= 11 is 0. The highest BCUT2D eigenvalue weighted by Crippen LogP contribution is 2.27. The fourth-order valence-electron chi connectivity index (χ4n) is 2.68. The summed E-state index contributed by atoms with van der Waals surface area (Å²) in [6, 6.07) is 15.7. The third kappa shape index (κ3) is 3.29. The first-order valence-electron chi connectivity index (χ1n) is 7.53. The molecule has 2 aromatic carbocycles. The van der Waals surface area contributed by atoms with Gasteiger partial charge in [-0.05, 0) is 67.0 Å². The van der Waals surface area contributed by atoms with Gasteiger partial charge in [-0.25, -0.2) is 0 Å². The Morgan fingerprint density at radius 3 is 2.10 bits per heavy atom. The molecular formula is C19H25N. The SMILES string of the molecule is CCC(CCN)c1ccc(-c2ccc(C)c(C)c2)cc1. The first kappa shape index (κ1) is 14.8. The van der Waals surface area contributed by atoms with Crippen LogP contribution >= 0.6 is 0 Å². The van der Waals surface area contributed by atoms with Crippen LogP contribution in [-0.2, 0) is 0 Å². The van der Waals surface area contributed by atoms with Gasteiger partial charge in [0.2, 0.25) is 0 Å². The van der Waals surface area contributed by atoms with E-state index in [4.69, 9.17) is 5.73 Å². The van der Waals surface area contributed by atoms with Crippen molar-refractivity contribution in [3.05, 3.63) is 59.2 Å². The van der Waals surface area contributed by atoms with Crippen molar-refractivity contribution in [3.8, 4) is 11.1 Å². The second kappa shape index (κ2) is 6.71. The molecule has 1 nitrogen and oxygen atoms in total. The largest absolute Gasteiger partial charge is 0.330 e. The number of hydrogen-bond donors (Lipinski definition) is 1. The van der Waals surface area contributed by atoms with Crippen molar-refractivity contribution in [1.82, 2.24) is 0 Å². The minimum Gasteiger partial charge on any atom is -0.330 e. The molecule has 106 valence electrons. The van der Waals surface area contributed by atoms with Crippen LogP contribution < -0.4 is 5.73 Å². The van der Waals surface area contributed by atoms with Gasteiger partial charge in [-0.15, -0.1) is 0 Å². The highest BCUT2D eigenvalue weighted by molar-refractivity contribution is 5.65. The molecule has 1 heteroatoms. The van der Waals surface area contributed by atoms with E-state index in [2.05, 4.69) is 63.2 Å². The van der Waals surface area contributed by atoms with E-state index in [1.165, 1.54) is 27.8 Å². The highest BCUT2D eigenvalue weighted by atomic mass is 14.5. The van der Waals surface area contributed by atoms with E-state index in [9.17, 15) is 0 Å². The predicted octanol–water partition coefficient (Wildman–Crippen LogP) is 4.81. The maximum absolute atomic E-state index is 5.69. The van der Waals surface area contributed by atoms with E-state index in [0.717, 1.165) is 19.4 Å². The second-order valence-corrected chi connectivity index (χ2v) is 5.60. The molecule has 0 aliphatic carbocycles. The lowest BCUT2D eigenvalue weighted by molar-refractivity contribution is 0.614. The molecule has 0 heterocycles. The average Bonchev–Trinajstić information content (AvgIpc) is 2.48. The lowest BCUT2D eigenvalue weighted by Gasteiger charge is -2.15. The van der Waals surface area contributed by atoms with Crippen molar-refractivity contribution in [3.63, 3.8) is 0 Å². The third-order valence-electron chi connectivity index (χ3n) is 4.23. The Kier molecular flexibility index (Phi) is 4.97. The standard InChI is InChI=1S/C19H25N/c1-4-16(11-12-20)17-7-9-18(10-8-17)19-6-5-14(2)15(3)13-19/h5-10,13,16H,4,11-12,20H2,1-3H3. The van der Waals surface area contributed by atoms with Gasteiger partial charge in [-0.1, -0.05) is 49.4 Å². The zero-order valence-corrected chi connectivity index (χ0v) is 12.8. The summed E-state index contributed by atoms with van der Waals surface area (Å²) in [4.78, 5) is 0. The van der Waals surface area contributed by atoms with Crippen molar-refractivity contribution in [1.29, 1.82) is 0 Å². The molecule has 2 rings (SSSR count). The van der Waals surface area contributed by atoms with Crippen LogP contribution in [0, 0.1) is 13.8 Å². The molecule has 0 amide bonds. The summed E-state index contributed by atoms with van der Waals surface area (Å²) in [7, 11) is 0. The van der Waals surface area contributed by atoms with Crippen LogP contribution in [-0.4, -0.2) is 6.54 Å². The molecule has 0 aliphatic rings. The van der Waals surface area contributed by atoms with Crippen LogP contribution in [0.2, 0.25) is 0 Å². The van der Waals surface area contributed by atoms with Crippen LogP contribution in [0.5, 0.6) is 0 Å². The predicted molar refractivity (Wildman–Crippen MR) is 88.1 cm³/mol. The molecule has 0 saturated carbocycles.